The van der Waals surface area contributed by atoms with E-state index in [4.69, 9.17) is 4.98 Å². The number of pyridine rings is 2. The minimum atomic E-state index is 0.653. The Morgan fingerprint density at radius 2 is 1.90 bits per heavy atom. The van der Waals surface area contributed by atoms with Crippen LogP contribution in [0, 0.1) is 6.92 Å². The highest BCUT2D eigenvalue weighted by molar-refractivity contribution is 7.15. The largest absolute Gasteiger partial charge is 0.335 e. The summed E-state index contributed by atoms with van der Waals surface area (Å²) in [4.78, 5) is 27.9. The summed E-state index contributed by atoms with van der Waals surface area (Å²) in [5.41, 5.74) is 5.60. The van der Waals surface area contributed by atoms with Gasteiger partial charge in [-0.3, -0.25) is 20.1 Å². The average Bonchev–Trinajstić information content (AvgIpc) is 3.51. The van der Waals surface area contributed by atoms with Gasteiger partial charge in [0, 0.05) is 39.3 Å². The van der Waals surface area contributed by atoms with Gasteiger partial charge in [-0.05, 0) is 31.2 Å². The minimum Gasteiger partial charge on any atom is -0.335 e. The topological polar surface area (TPSA) is 109 Å². The molecule has 30 heavy (non-hydrogen) atoms. The van der Waals surface area contributed by atoms with Crippen molar-refractivity contribution in [1.82, 2.24) is 40.1 Å². The van der Waals surface area contributed by atoms with Crippen molar-refractivity contribution < 1.29 is 0 Å². The van der Waals surface area contributed by atoms with Crippen LogP contribution in [0.25, 0.3) is 55.4 Å². The Labute approximate surface area is 174 Å². The molecule has 144 valence electrons. The van der Waals surface area contributed by atoms with Crippen molar-refractivity contribution in [3.8, 4) is 33.3 Å². The van der Waals surface area contributed by atoms with E-state index in [-0.39, 0.29) is 0 Å². The second-order valence-corrected chi connectivity index (χ2v) is 8.12. The fraction of sp³-hybridized carbons (Fsp3) is 0.0476. The standard InChI is InChI=1S/C21H14N8S/c1-11-2-3-17(30-11)12-4-5-24-20-18(12)26-21(27-20)19-13-8-14(16-9-22-6-7-23-16)25-10-15(13)28-29-19/h2-10H,1H3,(H,28,29)(H,24,26,27). The fourth-order valence-corrected chi connectivity index (χ4v) is 4.38. The molecule has 0 aromatic carbocycles. The van der Waals surface area contributed by atoms with Crippen molar-refractivity contribution in [3.05, 3.63) is 60.1 Å². The van der Waals surface area contributed by atoms with E-state index in [0.717, 1.165) is 27.7 Å². The molecular formula is C21H14N8S. The van der Waals surface area contributed by atoms with E-state index in [9.17, 15) is 0 Å². The lowest BCUT2D eigenvalue weighted by Crippen LogP contribution is -1.88. The Morgan fingerprint density at radius 1 is 0.933 bits per heavy atom. The van der Waals surface area contributed by atoms with Crippen LogP contribution in [0.3, 0.4) is 0 Å². The van der Waals surface area contributed by atoms with Gasteiger partial charge in [-0.25, -0.2) is 9.97 Å². The number of H-pyrrole nitrogens is 2. The highest BCUT2D eigenvalue weighted by Gasteiger charge is 2.17. The third kappa shape index (κ3) is 2.67. The van der Waals surface area contributed by atoms with Crippen LogP contribution in [0.2, 0.25) is 0 Å². The molecule has 9 heteroatoms. The summed E-state index contributed by atoms with van der Waals surface area (Å²) in [6.45, 7) is 2.10. The average molecular weight is 410 g/mol. The first-order chi connectivity index (χ1) is 14.8. The highest BCUT2D eigenvalue weighted by Crippen LogP contribution is 2.34. The maximum atomic E-state index is 4.71. The Kier molecular flexibility index (Phi) is 3.68. The molecule has 6 rings (SSSR count). The highest BCUT2D eigenvalue weighted by atomic mass is 32.1. The second kappa shape index (κ2) is 6.53. The van der Waals surface area contributed by atoms with Crippen LogP contribution in [0.15, 0.2) is 55.2 Å². The fourth-order valence-electron chi connectivity index (χ4n) is 3.48. The van der Waals surface area contributed by atoms with Crippen molar-refractivity contribution >= 4 is 33.4 Å². The zero-order valence-electron chi connectivity index (χ0n) is 15.8. The predicted octanol–water partition coefficient (Wildman–Crippen LogP) is 4.39. The van der Waals surface area contributed by atoms with Gasteiger partial charge in [0.1, 0.15) is 11.4 Å². The van der Waals surface area contributed by atoms with E-state index < -0.39 is 0 Å². The SMILES string of the molecule is Cc1ccc(-c2ccnc3nc(-c4n[nH]c5cnc(-c6cnccn6)cc45)[nH]c23)s1. The zero-order chi connectivity index (χ0) is 20.1. The van der Waals surface area contributed by atoms with E-state index in [1.165, 1.54) is 9.75 Å². The first-order valence-electron chi connectivity index (χ1n) is 9.29. The molecule has 0 radical (unpaired) electrons. The Morgan fingerprint density at radius 3 is 2.73 bits per heavy atom. The van der Waals surface area contributed by atoms with Gasteiger partial charge in [0.2, 0.25) is 0 Å². The molecule has 0 aliphatic carbocycles. The summed E-state index contributed by atoms with van der Waals surface area (Å²) in [6.07, 6.45) is 8.51. The number of aromatic amines is 2. The quantitative estimate of drug-likeness (QED) is 0.448. The Bertz CT molecular complexity index is 1510. The van der Waals surface area contributed by atoms with Crippen molar-refractivity contribution in [1.29, 1.82) is 0 Å². The third-order valence-electron chi connectivity index (χ3n) is 4.90. The van der Waals surface area contributed by atoms with Gasteiger partial charge in [-0.1, -0.05) is 0 Å². The first kappa shape index (κ1) is 16.9. The van der Waals surface area contributed by atoms with Gasteiger partial charge in [0.15, 0.2) is 11.5 Å². The van der Waals surface area contributed by atoms with Gasteiger partial charge < -0.3 is 4.98 Å². The van der Waals surface area contributed by atoms with Gasteiger partial charge >= 0.3 is 0 Å². The number of hydrogen-bond acceptors (Lipinski definition) is 7. The summed E-state index contributed by atoms with van der Waals surface area (Å²) in [7, 11) is 0. The molecule has 0 saturated heterocycles. The van der Waals surface area contributed by atoms with Crippen LogP contribution in [0.4, 0.5) is 0 Å². The van der Waals surface area contributed by atoms with E-state index >= 15 is 0 Å². The molecule has 6 heterocycles. The summed E-state index contributed by atoms with van der Waals surface area (Å²) in [5.74, 6) is 0.653. The van der Waals surface area contributed by atoms with Gasteiger partial charge in [0.25, 0.3) is 0 Å². The van der Waals surface area contributed by atoms with Crippen molar-refractivity contribution in [2.45, 2.75) is 6.92 Å². The Hall–Kier alpha value is -3.98. The number of nitrogens with zero attached hydrogens (tertiary/aromatic N) is 6. The number of fused-ring (bicyclic) bond motifs is 2. The van der Waals surface area contributed by atoms with Gasteiger partial charge in [-0.2, -0.15) is 5.10 Å². The monoisotopic (exact) mass is 410 g/mol. The predicted molar refractivity (Wildman–Crippen MR) is 116 cm³/mol. The number of nitrogens with one attached hydrogen (secondary N) is 2. The summed E-state index contributed by atoms with van der Waals surface area (Å²) in [5, 5.41) is 8.42. The molecule has 0 aliphatic heterocycles. The molecule has 6 aromatic heterocycles. The smallest absolute Gasteiger partial charge is 0.178 e. The summed E-state index contributed by atoms with van der Waals surface area (Å²) >= 11 is 1.75. The third-order valence-corrected chi connectivity index (χ3v) is 5.93. The van der Waals surface area contributed by atoms with Gasteiger partial charge in [-0.15, -0.1) is 11.3 Å². The van der Waals surface area contributed by atoms with Crippen LogP contribution < -0.4 is 0 Å². The van der Waals surface area contributed by atoms with Crippen molar-refractivity contribution in [3.63, 3.8) is 0 Å². The number of thiophene rings is 1. The number of imidazole rings is 1. The maximum Gasteiger partial charge on any atom is 0.178 e. The molecule has 0 saturated carbocycles. The van der Waals surface area contributed by atoms with Crippen LogP contribution in [0.5, 0.6) is 0 Å². The maximum absolute atomic E-state index is 4.71. The van der Waals surface area contributed by atoms with Crippen molar-refractivity contribution in [2.24, 2.45) is 0 Å². The second-order valence-electron chi connectivity index (χ2n) is 6.83. The van der Waals surface area contributed by atoms with Gasteiger partial charge in [0.05, 0.1) is 29.1 Å². The molecule has 0 fully saturated rings. The zero-order valence-corrected chi connectivity index (χ0v) is 16.6. The van der Waals surface area contributed by atoms with E-state index in [1.807, 2.05) is 12.1 Å². The molecule has 2 N–H and O–H groups in total. The van der Waals surface area contributed by atoms with E-state index in [1.54, 1.807) is 42.3 Å². The molecule has 0 aliphatic rings. The number of hydrogen-bond donors (Lipinski definition) is 2. The molecular weight excluding hydrogens is 396 g/mol. The molecule has 0 spiro atoms. The molecule has 0 unspecified atom stereocenters. The van der Waals surface area contributed by atoms with Crippen LogP contribution in [-0.2, 0) is 0 Å². The lowest BCUT2D eigenvalue weighted by Gasteiger charge is -1.99. The van der Waals surface area contributed by atoms with Crippen LogP contribution in [-0.4, -0.2) is 40.1 Å². The van der Waals surface area contributed by atoms with Crippen molar-refractivity contribution in [2.75, 3.05) is 0 Å². The minimum absolute atomic E-state index is 0.653. The lowest BCUT2D eigenvalue weighted by molar-refractivity contribution is 1.10. The van der Waals surface area contributed by atoms with Crippen LogP contribution in [0.1, 0.15) is 4.88 Å². The summed E-state index contributed by atoms with van der Waals surface area (Å²) in [6, 6.07) is 8.19. The molecule has 6 aromatic rings. The normalized spacial score (nSPS) is 11.5. The lowest BCUT2D eigenvalue weighted by atomic mass is 10.2. The van der Waals surface area contributed by atoms with E-state index in [2.05, 4.69) is 54.2 Å². The first-order valence-corrected chi connectivity index (χ1v) is 10.1. The number of aryl methyl sites for hydroxylation is 1. The van der Waals surface area contributed by atoms with Crippen LogP contribution >= 0.6 is 11.3 Å². The summed E-state index contributed by atoms with van der Waals surface area (Å²) < 4.78 is 0. The number of rotatable bonds is 3. The molecule has 0 atom stereocenters. The Balaban J connectivity index is 1.52. The van der Waals surface area contributed by atoms with E-state index in [0.29, 0.717) is 22.9 Å². The molecule has 8 nitrogen and oxygen atoms in total. The molecule has 0 bridgehead atoms. The molecule has 0 amide bonds. The number of aromatic nitrogens is 8.